The number of halogens is 1. The minimum Gasteiger partial charge on any atom is -0.475 e. The van der Waals surface area contributed by atoms with Gasteiger partial charge in [-0.15, -0.1) is 5.10 Å². The largest absolute Gasteiger partial charge is 0.475 e. The number of nitro groups is 1. The van der Waals surface area contributed by atoms with Crippen LogP contribution in [0.4, 0.5) is 11.4 Å². The molecular formula is C18H19ClN6O4. The van der Waals surface area contributed by atoms with E-state index in [1.807, 2.05) is 31.2 Å². The average Bonchev–Trinajstić information content (AvgIpc) is 3.20. The average molecular weight is 419 g/mol. The molecule has 29 heavy (non-hydrogen) atoms. The van der Waals surface area contributed by atoms with E-state index in [-0.39, 0.29) is 24.0 Å². The summed E-state index contributed by atoms with van der Waals surface area (Å²) in [5, 5.41) is 22.8. The molecule has 0 aliphatic heterocycles. The molecule has 10 nitrogen and oxygen atoms in total. The van der Waals surface area contributed by atoms with Crippen LogP contribution in [0.5, 0.6) is 5.88 Å². The maximum atomic E-state index is 12.4. The molecule has 0 fully saturated rings. The highest BCUT2D eigenvalue weighted by Crippen LogP contribution is 2.24. The minimum absolute atomic E-state index is 0.147. The van der Waals surface area contributed by atoms with Crippen LogP contribution in [-0.2, 0) is 17.9 Å². The van der Waals surface area contributed by atoms with E-state index in [4.69, 9.17) is 16.3 Å². The van der Waals surface area contributed by atoms with Gasteiger partial charge in [-0.25, -0.2) is 0 Å². The Hall–Kier alpha value is -3.40. The van der Waals surface area contributed by atoms with Crippen LogP contribution < -0.4 is 10.1 Å². The third kappa shape index (κ3) is 4.54. The Labute approximate surface area is 171 Å². The molecule has 0 bridgehead atoms. The Kier molecular flexibility index (Phi) is 5.83. The van der Waals surface area contributed by atoms with Gasteiger partial charge in [0.15, 0.2) is 0 Å². The summed E-state index contributed by atoms with van der Waals surface area (Å²) < 4.78 is 7.82. The summed E-state index contributed by atoms with van der Waals surface area (Å²) in [6.45, 7) is 3.98. The molecule has 3 aromatic rings. The quantitative estimate of drug-likeness (QED) is 0.465. The minimum atomic E-state index is -0.616. The highest BCUT2D eigenvalue weighted by atomic mass is 35.5. The van der Waals surface area contributed by atoms with Crippen molar-refractivity contribution >= 4 is 28.9 Å². The Balaban J connectivity index is 1.73. The summed E-state index contributed by atoms with van der Waals surface area (Å²) >= 11 is 5.91. The lowest BCUT2D eigenvalue weighted by molar-refractivity contribution is -0.385. The number of aromatic nitrogens is 4. The second kappa shape index (κ2) is 8.31. The predicted octanol–water partition coefficient (Wildman–Crippen LogP) is 2.95. The molecule has 0 spiro atoms. The van der Waals surface area contributed by atoms with Gasteiger partial charge in [-0.2, -0.15) is 5.10 Å². The van der Waals surface area contributed by atoms with Crippen LogP contribution in [0.3, 0.4) is 0 Å². The molecule has 1 amide bonds. The number of anilines is 1. The van der Waals surface area contributed by atoms with Crippen molar-refractivity contribution in [3.05, 3.63) is 62.6 Å². The van der Waals surface area contributed by atoms with Crippen LogP contribution in [-0.4, -0.2) is 37.5 Å². The van der Waals surface area contributed by atoms with E-state index >= 15 is 0 Å². The van der Waals surface area contributed by atoms with Gasteiger partial charge < -0.3 is 10.1 Å². The van der Waals surface area contributed by atoms with Crippen LogP contribution in [0, 0.1) is 24.0 Å². The maximum Gasteiger partial charge on any atom is 0.350 e. The number of aryl methyl sites for hydroxylation is 1. The fourth-order valence-corrected chi connectivity index (χ4v) is 2.99. The number of carbonyl (C=O) groups excluding carboxylic acids is 1. The third-order valence-corrected chi connectivity index (χ3v) is 4.55. The first kappa shape index (κ1) is 20.3. The molecule has 0 radical (unpaired) electrons. The Morgan fingerprint density at radius 2 is 1.97 bits per heavy atom. The summed E-state index contributed by atoms with van der Waals surface area (Å²) in [5.74, 6) is -0.534. The fourth-order valence-electron chi connectivity index (χ4n) is 2.87. The molecule has 1 N–H and O–H groups in total. The number of amides is 1. The van der Waals surface area contributed by atoms with Gasteiger partial charge in [-0.3, -0.25) is 24.3 Å². The van der Waals surface area contributed by atoms with E-state index in [1.54, 1.807) is 11.6 Å². The first-order chi connectivity index (χ1) is 13.8. The normalized spacial score (nSPS) is 10.8. The van der Waals surface area contributed by atoms with Crippen molar-refractivity contribution < 1.29 is 14.5 Å². The van der Waals surface area contributed by atoms with Crippen LogP contribution in [0.25, 0.3) is 0 Å². The van der Waals surface area contributed by atoms with Crippen molar-refractivity contribution in [2.45, 2.75) is 26.9 Å². The number of hydrogen-bond acceptors (Lipinski definition) is 6. The zero-order valence-corrected chi connectivity index (χ0v) is 16.8. The van der Waals surface area contributed by atoms with Gasteiger partial charge in [0.1, 0.15) is 12.7 Å². The van der Waals surface area contributed by atoms with Gasteiger partial charge >= 0.3 is 11.6 Å². The molecule has 0 aliphatic rings. The Morgan fingerprint density at radius 1 is 1.28 bits per heavy atom. The van der Waals surface area contributed by atoms with E-state index in [1.165, 1.54) is 7.11 Å². The zero-order chi connectivity index (χ0) is 21.1. The highest BCUT2D eigenvalue weighted by Gasteiger charge is 2.22. The summed E-state index contributed by atoms with van der Waals surface area (Å²) in [5.41, 5.74) is 2.76. The molecule has 0 unspecified atom stereocenters. The smallest absolute Gasteiger partial charge is 0.350 e. The second-order valence-electron chi connectivity index (χ2n) is 6.36. The lowest BCUT2D eigenvalue weighted by Gasteiger charge is -2.07. The van der Waals surface area contributed by atoms with Crippen molar-refractivity contribution in [1.82, 2.24) is 19.6 Å². The van der Waals surface area contributed by atoms with Gasteiger partial charge in [0, 0.05) is 5.02 Å². The van der Waals surface area contributed by atoms with E-state index in [0.29, 0.717) is 22.9 Å². The van der Waals surface area contributed by atoms with Crippen LogP contribution in [0.2, 0.25) is 5.02 Å². The lowest BCUT2D eigenvalue weighted by Crippen LogP contribution is -2.20. The van der Waals surface area contributed by atoms with Gasteiger partial charge in [-0.1, -0.05) is 23.7 Å². The number of carbonyl (C=O) groups is 1. The van der Waals surface area contributed by atoms with Crippen molar-refractivity contribution in [2.24, 2.45) is 0 Å². The number of benzene rings is 1. The number of nitrogens with zero attached hydrogens (tertiary/aromatic N) is 5. The number of hydrogen-bond donors (Lipinski definition) is 1. The molecular weight excluding hydrogens is 400 g/mol. The van der Waals surface area contributed by atoms with Crippen LogP contribution in [0.1, 0.15) is 17.0 Å². The number of ether oxygens (including phenoxy) is 1. The molecule has 11 heteroatoms. The first-order valence-electron chi connectivity index (χ1n) is 8.62. The SMILES string of the molecule is COc1nn(CC(=O)Nc2c(C)nn(Cc3ccc(Cl)cc3)c2C)cc1[N+](=O)[O-]. The van der Waals surface area contributed by atoms with E-state index in [2.05, 4.69) is 15.5 Å². The molecule has 0 saturated heterocycles. The fraction of sp³-hybridized carbons (Fsp3) is 0.278. The number of methoxy groups -OCH3 is 1. The van der Waals surface area contributed by atoms with Gasteiger partial charge in [0.2, 0.25) is 5.91 Å². The standard InChI is InChI=1S/C18H19ClN6O4/c1-11-17(12(2)24(21-11)8-13-4-6-14(19)7-5-13)20-16(26)10-23-9-15(25(27)28)18(22-23)29-3/h4-7,9H,8,10H2,1-3H3,(H,20,26). The van der Waals surface area contributed by atoms with Crippen LogP contribution >= 0.6 is 11.6 Å². The third-order valence-electron chi connectivity index (χ3n) is 4.30. The highest BCUT2D eigenvalue weighted by molar-refractivity contribution is 6.30. The van der Waals surface area contributed by atoms with E-state index in [0.717, 1.165) is 22.1 Å². The topological polar surface area (TPSA) is 117 Å². The van der Waals surface area contributed by atoms with Crippen LogP contribution in [0.15, 0.2) is 30.5 Å². The lowest BCUT2D eigenvalue weighted by atomic mass is 10.2. The zero-order valence-electron chi connectivity index (χ0n) is 16.0. The molecule has 0 atom stereocenters. The maximum absolute atomic E-state index is 12.4. The molecule has 0 saturated carbocycles. The van der Waals surface area contributed by atoms with E-state index < -0.39 is 4.92 Å². The summed E-state index contributed by atoms with van der Waals surface area (Å²) in [6, 6.07) is 7.44. The molecule has 2 heterocycles. The van der Waals surface area contributed by atoms with Crippen molar-refractivity contribution in [2.75, 3.05) is 12.4 Å². The van der Waals surface area contributed by atoms with Gasteiger partial charge in [-0.05, 0) is 31.5 Å². The first-order valence-corrected chi connectivity index (χ1v) is 9.00. The molecule has 3 rings (SSSR count). The number of nitrogens with one attached hydrogen (secondary N) is 1. The predicted molar refractivity (Wildman–Crippen MR) is 106 cm³/mol. The summed E-state index contributed by atoms with van der Waals surface area (Å²) in [7, 11) is 1.28. The van der Waals surface area contributed by atoms with Gasteiger partial charge in [0.05, 0.1) is 35.7 Å². The van der Waals surface area contributed by atoms with E-state index in [9.17, 15) is 14.9 Å². The van der Waals surface area contributed by atoms with Gasteiger partial charge in [0.25, 0.3) is 0 Å². The molecule has 2 aromatic heterocycles. The van der Waals surface area contributed by atoms with Crippen molar-refractivity contribution in [1.29, 1.82) is 0 Å². The van der Waals surface area contributed by atoms with Crippen molar-refractivity contribution in [3.63, 3.8) is 0 Å². The number of rotatable bonds is 7. The Morgan fingerprint density at radius 3 is 2.55 bits per heavy atom. The summed E-state index contributed by atoms with van der Waals surface area (Å²) in [6.07, 6.45) is 1.15. The monoisotopic (exact) mass is 418 g/mol. The molecule has 1 aromatic carbocycles. The second-order valence-corrected chi connectivity index (χ2v) is 6.79. The summed E-state index contributed by atoms with van der Waals surface area (Å²) in [4.78, 5) is 22.8. The Bertz CT molecular complexity index is 1060. The van der Waals surface area contributed by atoms with Crippen molar-refractivity contribution in [3.8, 4) is 5.88 Å². The molecule has 0 aliphatic carbocycles. The molecule has 152 valence electrons.